The Balaban J connectivity index is 1.52. The molecule has 4 aliphatic rings. The summed E-state index contributed by atoms with van der Waals surface area (Å²) >= 11 is 0. The molecule has 6 rings (SSSR count). The van der Waals surface area contributed by atoms with Gasteiger partial charge in [-0.05, 0) is 49.1 Å². The van der Waals surface area contributed by atoms with E-state index in [0.717, 1.165) is 26.7 Å². The number of ketones is 1. The number of nitrogens with one attached hydrogen (secondary N) is 1. The first-order chi connectivity index (χ1) is 28.7. The van der Waals surface area contributed by atoms with E-state index in [2.05, 4.69) is 5.32 Å². The molecule has 4 N–H and O–H groups in total. The second-order valence-corrected chi connectivity index (χ2v) is 17.5. The van der Waals surface area contributed by atoms with E-state index in [9.17, 15) is 39.3 Å². The van der Waals surface area contributed by atoms with Gasteiger partial charge >= 0.3 is 23.9 Å². The maximum Gasteiger partial charge on any atom is 0.338 e. The quantitative estimate of drug-likeness (QED) is 0.0969. The Hall–Kier alpha value is -4.96. The first-order valence-electron chi connectivity index (χ1n) is 20.9. The van der Waals surface area contributed by atoms with Crippen LogP contribution in [-0.4, -0.2) is 105 Å². The number of carbonyl (C=O) groups excluding carboxylic acids is 6. The molecule has 61 heavy (non-hydrogen) atoms. The summed E-state index contributed by atoms with van der Waals surface area (Å²) in [6.07, 6.45) is -7.92. The average Bonchev–Trinajstić information content (AvgIpc) is 3.21. The number of amides is 1. The van der Waals surface area contributed by atoms with E-state index in [1.54, 1.807) is 62.4 Å². The molecule has 1 heterocycles. The van der Waals surface area contributed by atoms with Crippen molar-refractivity contribution in [2.75, 3.05) is 6.61 Å². The number of ether oxygens (including phenoxy) is 5. The van der Waals surface area contributed by atoms with Crippen molar-refractivity contribution in [1.29, 1.82) is 0 Å². The largest absolute Gasteiger partial charge is 0.456 e. The number of carbonyl (C=O) groups is 6. The number of benzene rings is 2. The number of rotatable bonds is 13. The smallest absolute Gasteiger partial charge is 0.338 e. The van der Waals surface area contributed by atoms with Gasteiger partial charge in [0.1, 0.15) is 23.9 Å². The number of esters is 4. The third-order valence-electron chi connectivity index (χ3n) is 13.5. The summed E-state index contributed by atoms with van der Waals surface area (Å²) in [7, 11) is 0. The molecule has 0 radical (unpaired) electrons. The number of aliphatic hydroxyl groups excluding tert-OH is 2. The Labute approximate surface area is 355 Å². The second-order valence-electron chi connectivity index (χ2n) is 17.5. The van der Waals surface area contributed by atoms with Gasteiger partial charge in [0.2, 0.25) is 5.91 Å². The van der Waals surface area contributed by atoms with Gasteiger partial charge in [-0.3, -0.25) is 19.2 Å². The summed E-state index contributed by atoms with van der Waals surface area (Å²) in [5, 5.41) is 40.2. The number of aliphatic hydroxyl groups is 3. The number of hydrogen-bond acceptors (Lipinski definition) is 14. The molecule has 0 spiro atoms. The van der Waals surface area contributed by atoms with Crippen molar-refractivity contribution in [3.05, 3.63) is 82.9 Å². The molecule has 11 atom stereocenters. The zero-order chi connectivity index (χ0) is 44.7. The summed E-state index contributed by atoms with van der Waals surface area (Å²) in [6.45, 7) is 10.0. The summed E-state index contributed by atoms with van der Waals surface area (Å²) in [6, 6.07) is 15.0. The lowest BCUT2D eigenvalue weighted by Crippen LogP contribution is -2.82. The molecule has 15 heteroatoms. The van der Waals surface area contributed by atoms with E-state index in [-0.39, 0.29) is 36.2 Å². The number of fused-ring (bicyclic) bond motifs is 5. The minimum Gasteiger partial charge on any atom is -0.456 e. The van der Waals surface area contributed by atoms with Gasteiger partial charge in [0.05, 0.1) is 35.6 Å². The van der Waals surface area contributed by atoms with Crippen molar-refractivity contribution < 1.29 is 67.8 Å². The maximum absolute atomic E-state index is 15.5. The molecular weight excluding hydrogens is 790 g/mol. The predicted molar refractivity (Wildman–Crippen MR) is 216 cm³/mol. The molecule has 1 aliphatic heterocycles. The highest BCUT2D eigenvalue weighted by molar-refractivity contribution is 5.95. The van der Waals surface area contributed by atoms with Gasteiger partial charge in [-0.1, -0.05) is 82.1 Å². The summed E-state index contributed by atoms with van der Waals surface area (Å²) < 4.78 is 30.3. The normalized spacial score (nSPS) is 32.3. The number of hydrogen-bond donors (Lipinski definition) is 4. The highest BCUT2D eigenvalue weighted by Gasteiger charge is 2.78. The monoisotopic (exact) mass is 847 g/mol. The molecule has 2 aromatic carbocycles. The van der Waals surface area contributed by atoms with Crippen molar-refractivity contribution in [2.24, 2.45) is 16.7 Å². The van der Waals surface area contributed by atoms with E-state index < -0.39 is 113 Å². The van der Waals surface area contributed by atoms with Crippen LogP contribution in [-0.2, 0) is 47.7 Å². The van der Waals surface area contributed by atoms with Crippen LogP contribution >= 0.6 is 0 Å². The van der Waals surface area contributed by atoms with Gasteiger partial charge in [0.15, 0.2) is 23.6 Å². The number of Topliss-reactive ketones (excluding diaryl/α,β-unsaturated/α-hetero) is 1. The molecule has 1 amide bonds. The highest BCUT2D eigenvalue weighted by atomic mass is 16.6. The van der Waals surface area contributed by atoms with Crippen LogP contribution in [0.4, 0.5) is 0 Å². The summed E-state index contributed by atoms with van der Waals surface area (Å²) in [5.41, 5.74) is -7.12. The molecule has 2 aromatic rings. The molecule has 2 bridgehead atoms. The fourth-order valence-electron chi connectivity index (χ4n) is 10.1. The molecule has 2 saturated carbocycles. The van der Waals surface area contributed by atoms with Crippen LogP contribution in [0.3, 0.4) is 0 Å². The van der Waals surface area contributed by atoms with Crippen molar-refractivity contribution >= 4 is 35.6 Å². The minimum atomic E-state index is -2.37. The average molecular weight is 848 g/mol. The lowest BCUT2D eigenvalue weighted by molar-refractivity contribution is -0.346. The third kappa shape index (κ3) is 8.01. The Bertz CT molecular complexity index is 2050. The number of unbranched alkanes of at least 4 members (excludes halogenated alkanes) is 2. The van der Waals surface area contributed by atoms with E-state index in [1.807, 2.05) is 6.92 Å². The van der Waals surface area contributed by atoms with Gasteiger partial charge in [-0.2, -0.15) is 0 Å². The maximum atomic E-state index is 15.5. The molecular formula is C46H57NO14. The second kappa shape index (κ2) is 17.4. The third-order valence-corrected chi connectivity index (χ3v) is 13.5. The van der Waals surface area contributed by atoms with Gasteiger partial charge in [0.25, 0.3) is 0 Å². The van der Waals surface area contributed by atoms with Crippen LogP contribution in [0.5, 0.6) is 0 Å². The van der Waals surface area contributed by atoms with Gasteiger partial charge < -0.3 is 44.3 Å². The molecule has 3 fully saturated rings. The standard InChI is InChI=1S/C46H57NO14/c1-8-9-12-21-33(51)47-35(28-17-13-10-14-18-28)36(52)42(55)59-30-23-46(56)40(60-41(54)29-19-15-11-16-20-29)38-44(7,31(50)22-32-45(38,24-57-32)61-27(4)49)39(53)37(58-26(3)48)34(25(30)2)43(46,5)6/h10-11,13-20,30-32,35-38,40,50,52,56H,8-9,12,21-24H2,1-7H3,(H,47,51)/t30-,31-,32-,35+,36-,37-,38+,40+,44-,45+,46-/m1/s1. The van der Waals surface area contributed by atoms with Crippen LogP contribution in [0.2, 0.25) is 0 Å². The van der Waals surface area contributed by atoms with Crippen LogP contribution in [0.1, 0.15) is 109 Å². The topological polar surface area (TPSA) is 221 Å². The Kier molecular flexibility index (Phi) is 13.0. The first-order valence-corrected chi connectivity index (χ1v) is 20.9. The minimum absolute atomic E-state index is 0.0127. The Morgan fingerprint density at radius 2 is 1.56 bits per heavy atom. The fraction of sp³-hybridized carbons (Fsp3) is 0.565. The van der Waals surface area contributed by atoms with Crippen LogP contribution in [0.15, 0.2) is 71.8 Å². The predicted octanol–water partition coefficient (Wildman–Crippen LogP) is 4.00. The SMILES string of the molecule is CCCCCC(=O)N[C@@H](c1ccccc1)[C@@H](O)C(=O)O[C@@H]1C[C@@]2(O)[C@@H](OC(=O)c3ccccc3)[C@@H]3[C@]4(OC(C)=O)CO[C@@H]4C[C@@H](O)[C@@]3(C)C(=O)[C@H](OC(C)=O)C(=C1C)C2(C)C. The van der Waals surface area contributed by atoms with Crippen LogP contribution in [0, 0.1) is 16.7 Å². The fourth-order valence-corrected chi connectivity index (χ4v) is 10.1. The van der Waals surface area contributed by atoms with E-state index in [1.165, 1.54) is 26.0 Å². The van der Waals surface area contributed by atoms with Crippen LogP contribution in [0.25, 0.3) is 0 Å². The van der Waals surface area contributed by atoms with Gasteiger partial charge in [-0.15, -0.1) is 0 Å². The lowest BCUT2D eigenvalue weighted by Gasteiger charge is -2.67. The van der Waals surface area contributed by atoms with Crippen molar-refractivity contribution in [3.8, 4) is 0 Å². The Morgan fingerprint density at radius 3 is 2.13 bits per heavy atom. The first kappa shape index (κ1) is 45.6. The van der Waals surface area contributed by atoms with Crippen molar-refractivity contribution in [1.82, 2.24) is 5.32 Å². The van der Waals surface area contributed by atoms with Crippen molar-refractivity contribution in [2.45, 2.75) is 141 Å². The molecule has 3 aliphatic carbocycles. The van der Waals surface area contributed by atoms with E-state index in [4.69, 9.17) is 23.7 Å². The summed E-state index contributed by atoms with van der Waals surface area (Å²) in [5.74, 6) is -6.55. The zero-order valence-corrected chi connectivity index (χ0v) is 35.7. The molecule has 15 nitrogen and oxygen atoms in total. The van der Waals surface area contributed by atoms with Crippen molar-refractivity contribution in [3.63, 3.8) is 0 Å². The molecule has 0 aromatic heterocycles. The van der Waals surface area contributed by atoms with Gasteiger partial charge in [0, 0.05) is 38.5 Å². The van der Waals surface area contributed by atoms with E-state index in [0.29, 0.717) is 12.0 Å². The lowest BCUT2D eigenvalue weighted by atomic mass is 9.44. The van der Waals surface area contributed by atoms with Gasteiger partial charge in [-0.25, -0.2) is 9.59 Å². The summed E-state index contributed by atoms with van der Waals surface area (Å²) in [4.78, 5) is 83.0. The van der Waals surface area contributed by atoms with Crippen LogP contribution < -0.4 is 5.32 Å². The molecule has 1 saturated heterocycles. The molecule has 0 unspecified atom stereocenters. The Morgan fingerprint density at radius 1 is 0.918 bits per heavy atom. The molecule has 330 valence electrons. The highest BCUT2D eigenvalue weighted by Crippen LogP contribution is 2.64. The zero-order valence-electron chi connectivity index (χ0n) is 35.7. The van der Waals surface area contributed by atoms with E-state index >= 15 is 4.79 Å².